The summed E-state index contributed by atoms with van der Waals surface area (Å²) in [6, 6.07) is 3.91. The molecule has 108 valence electrons. The molecule has 1 heterocycles. The van der Waals surface area contributed by atoms with E-state index >= 15 is 0 Å². The second kappa shape index (κ2) is 5.67. The van der Waals surface area contributed by atoms with Crippen molar-refractivity contribution in [2.24, 2.45) is 5.73 Å². The zero-order valence-electron chi connectivity index (χ0n) is 12.3. The fraction of sp³-hybridized carbons (Fsp3) is 0.438. The van der Waals surface area contributed by atoms with Gasteiger partial charge in [0, 0.05) is 18.1 Å². The predicted octanol–water partition coefficient (Wildman–Crippen LogP) is 3.12. The summed E-state index contributed by atoms with van der Waals surface area (Å²) < 4.78 is 2.02. The molecule has 0 saturated heterocycles. The third-order valence-corrected chi connectivity index (χ3v) is 3.69. The summed E-state index contributed by atoms with van der Waals surface area (Å²) in [5, 5.41) is 10.5. The van der Waals surface area contributed by atoms with E-state index in [1.165, 1.54) is 0 Å². The number of hydrogen-bond donors (Lipinski definition) is 2. The van der Waals surface area contributed by atoms with Crippen LogP contribution in [0, 0.1) is 6.92 Å². The van der Waals surface area contributed by atoms with Crippen LogP contribution in [0.1, 0.15) is 47.7 Å². The second-order valence-corrected chi connectivity index (χ2v) is 5.57. The van der Waals surface area contributed by atoms with Crippen molar-refractivity contribution in [2.45, 2.75) is 39.7 Å². The Hall–Kier alpha value is -1.81. The van der Waals surface area contributed by atoms with Crippen LogP contribution >= 0.6 is 0 Å². The average molecular weight is 274 g/mol. The fourth-order valence-corrected chi connectivity index (χ4v) is 2.57. The quantitative estimate of drug-likeness (QED) is 0.880. The van der Waals surface area contributed by atoms with Gasteiger partial charge in [-0.3, -0.25) is 0 Å². The van der Waals surface area contributed by atoms with Crippen LogP contribution in [0.4, 0.5) is 0 Å². The van der Waals surface area contributed by atoms with Crippen LogP contribution in [-0.2, 0) is 6.54 Å². The summed E-state index contributed by atoms with van der Waals surface area (Å²) in [7, 11) is 0. The maximum Gasteiger partial charge on any atom is 0.337 e. The van der Waals surface area contributed by atoms with Crippen molar-refractivity contribution in [3.05, 3.63) is 35.0 Å². The molecule has 0 unspecified atom stereocenters. The zero-order valence-corrected chi connectivity index (χ0v) is 12.3. The third-order valence-electron chi connectivity index (χ3n) is 3.69. The van der Waals surface area contributed by atoms with E-state index in [0.717, 1.165) is 35.0 Å². The summed E-state index contributed by atoms with van der Waals surface area (Å²) >= 11 is 0. The Morgan fingerprint density at radius 1 is 1.40 bits per heavy atom. The number of aromatic carboxylic acids is 1. The van der Waals surface area contributed by atoms with Crippen LogP contribution in [0.5, 0.6) is 0 Å². The highest BCUT2D eigenvalue weighted by Gasteiger charge is 2.17. The molecule has 4 heteroatoms. The number of benzene rings is 1. The highest BCUT2D eigenvalue weighted by atomic mass is 16.4. The summed E-state index contributed by atoms with van der Waals surface area (Å²) in [5.74, 6) is -0.561. The van der Waals surface area contributed by atoms with Gasteiger partial charge < -0.3 is 15.4 Å². The number of hydrogen-bond acceptors (Lipinski definition) is 2. The Morgan fingerprint density at radius 3 is 2.65 bits per heavy atom. The maximum absolute atomic E-state index is 11.6. The number of rotatable bonds is 5. The summed E-state index contributed by atoms with van der Waals surface area (Å²) in [6.45, 7) is 7.53. The standard InChI is InChI=1S/C16H22N2O2/c1-10(2)12-7-13-11(3)9-18(6-4-5-17)15(13)14(8-12)16(19)20/h7-10H,4-6,17H2,1-3H3,(H,19,20). The normalized spacial score (nSPS) is 11.4. The number of nitrogens with zero attached hydrogens (tertiary/aromatic N) is 1. The third kappa shape index (κ3) is 2.56. The molecule has 1 aromatic carbocycles. The number of carboxylic acid groups (broad SMARTS) is 1. The summed E-state index contributed by atoms with van der Waals surface area (Å²) in [6.07, 6.45) is 2.87. The molecule has 2 aromatic rings. The molecule has 2 rings (SSSR count). The van der Waals surface area contributed by atoms with Crippen LogP contribution in [0.15, 0.2) is 18.3 Å². The number of fused-ring (bicyclic) bond motifs is 1. The van der Waals surface area contributed by atoms with E-state index in [2.05, 4.69) is 19.9 Å². The highest BCUT2D eigenvalue weighted by molar-refractivity contribution is 6.03. The van der Waals surface area contributed by atoms with Gasteiger partial charge in [0.1, 0.15) is 0 Å². The van der Waals surface area contributed by atoms with Gasteiger partial charge in [-0.2, -0.15) is 0 Å². The molecule has 0 amide bonds. The Kier molecular flexibility index (Phi) is 4.14. The predicted molar refractivity (Wildman–Crippen MR) is 81.4 cm³/mol. The van der Waals surface area contributed by atoms with Gasteiger partial charge in [-0.05, 0) is 49.1 Å². The van der Waals surface area contributed by atoms with Gasteiger partial charge in [-0.1, -0.05) is 13.8 Å². The van der Waals surface area contributed by atoms with Gasteiger partial charge >= 0.3 is 5.97 Å². The molecule has 0 aliphatic rings. The van der Waals surface area contributed by atoms with Gasteiger partial charge in [-0.25, -0.2) is 4.79 Å². The van der Waals surface area contributed by atoms with Gasteiger partial charge in [0.2, 0.25) is 0 Å². The van der Waals surface area contributed by atoms with Gasteiger partial charge in [-0.15, -0.1) is 0 Å². The van der Waals surface area contributed by atoms with Gasteiger partial charge in [0.05, 0.1) is 11.1 Å². The van der Waals surface area contributed by atoms with E-state index in [1.54, 1.807) is 6.07 Å². The number of aryl methyl sites for hydroxylation is 2. The molecule has 0 atom stereocenters. The smallest absolute Gasteiger partial charge is 0.337 e. The minimum absolute atomic E-state index is 0.310. The highest BCUT2D eigenvalue weighted by Crippen LogP contribution is 2.29. The van der Waals surface area contributed by atoms with Crippen LogP contribution in [-0.4, -0.2) is 22.2 Å². The van der Waals surface area contributed by atoms with E-state index in [4.69, 9.17) is 5.73 Å². The monoisotopic (exact) mass is 274 g/mol. The molecule has 0 aliphatic carbocycles. The van der Waals surface area contributed by atoms with E-state index < -0.39 is 5.97 Å². The van der Waals surface area contributed by atoms with E-state index in [1.807, 2.05) is 17.7 Å². The van der Waals surface area contributed by atoms with Crippen LogP contribution in [0.3, 0.4) is 0 Å². The molecular weight excluding hydrogens is 252 g/mol. The molecule has 4 nitrogen and oxygen atoms in total. The van der Waals surface area contributed by atoms with Gasteiger partial charge in [0.25, 0.3) is 0 Å². The molecular formula is C16H22N2O2. The van der Waals surface area contributed by atoms with E-state index in [9.17, 15) is 9.90 Å². The van der Waals surface area contributed by atoms with Crippen molar-refractivity contribution in [1.82, 2.24) is 4.57 Å². The van der Waals surface area contributed by atoms with Crippen LogP contribution < -0.4 is 5.73 Å². The topological polar surface area (TPSA) is 68.2 Å². The molecule has 0 radical (unpaired) electrons. The first-order valence-electron chi connectivity index (χ1n) is 7.02. The molecule has 20 heavy (non-hydrogen) atoms. The molecule has 0 aliphatic heterocycles. The largest absolute Gasteiger partial charge is 0.478 e. The first-order valence-corrected chi connectivity index (χ1v) is 7.02. The first-order chi connectivity index (χ1) is 9.45. The SMILES string of the molecule is Cc1cn(CCCN)c2c(C(=O)O)cc(C(C)C)cc12. The van der Waals surface area contributed by atoms with Crippen molar-refractivity contribution in [1.29, 1.82) is 0 Å². The summed E-state index contributed by atoms with van der Waals surface area (Å²) in [4.78, 5) is 11.6. The number of carbonyl (C=O) groups is 1. The maximum atomic E-state index is 11.6. The lowest BCUT2D eigenvalue weighted by Gasteiger charge is -2.11. The molecule has 1 aromatic heterocycles. The van der Waals surface area contributed by atoms with Gasteiger partial charge in [0.15, 0.2) is 0 Å². The molecule has 0 saturated carbocycles. The van der Waals surface area contributed by atoms with Crippen LogP contribution in [0.25, 0.3) is 10.9 Å². The second-order valence-electron chi connectivity index (χ2n) is 5.57. The van der Waals surface area contributed by atoms with E-state index in [0.29, 0.717) is 18.0 Å². The Bertz CT molecular complexity index is 641. The first kappa shape index (κ1) is 14.6. The van der Waals surface area contributed by atoms with Crippen molar-refractivity contribution in [3.63, 3.8) is 0 Å². The average Bonchev–Trinajstić information content (AvgIpc) is 2.72. The Labute approximate surface area is 119 Å². The minimum Gasteiger partial charge on any atom is -0.478 e. The van der Waals surface area contributed by atoms with Crippen molar-refractivity contribution in [2.75, 3.05) is 6.54 Å². The number of carboxylic acids is 1. The Morgan fingerprint density at radius 2 is 2.10 bits per heavy atom. The van der Waals surface area contributed by atoms with Crippen molar-refractivity contribution in [3.8, 4) is 0 Å². The lowest BCUT2D eigenvalue weighted by Crippen LogP contribution is -2.08. The summed E-state index contributed by atoms with van der Waals surface area (Å²) in [5.41, 5.74) is 8.93. The lowest BCUT2D eigenvalue weighted by atomic mass is 9.97. The number of aromatic nitrogens is 1. The van der Waals surface area contributed by atoms with Crippen molar-refractivity contribution < 1.29 is 9.90 Å². The Balaban J connectivity index is 2.71. The number of nitrogens with two attached hydrogens (primary N) is 1. The van der Waals surface area contributed by atoms with Crippen LogP contribution in [0.2, 0.25) is 0 Å². The minimum atomic E-state index is -0.871. The molecule has 0 spiro atoms. The van der Waals surface area contributed by atoms with Crippen molar-refractivity contribution >= 4 is 16.9 Å². The van der Waals surface area contributed by atoms with E-state index in [-0.39, 0.29) is 0 Å². The molecule has 0 bridgehead atoms. The molecule has 3 N–H and O–H groups in total. The molecule has 0 fully saturated rings. The zero-order chi connectivity index (χ0) is 14.9. The fourth-order valence-electron chi connectivity index (χ4n) is 2.57. The lowest BCUT2D eigenvalue weighted by molar-refractivity contribution is 0.0698.